The normalized spacial score (nSPS) is 11.6. The smallest absolute Gasteiger partial charge is 0.325 e. The molecule has 0 spiro atoms. The summed E-state index contributed by atoms with van der Waals surface area (Å²) in [6.45, 7) is 2.18. The fraction of sp³-hybridized carbons (Fsp3) is 0.292. The molecule has 16 heteroatoms. The molecule has 212 valence electrons. The number of fused-ring (bicyclic) bond motifs is 1. The highest BCUT2D eigenvalue weighted by Crippen LogP contribution is 2.36. The third-order valence-electron chi connectivity index (χ3n) is 5.42. The van der Waals surface area contributed by atoms with Crippen LogP contribution in [0.15, 0.2) is 41.0 Å². The molecule has 2 aromatic carbocycles. The summed E-state index contributed by atoms with van der Waals surface area (Å²) in [5.41, 5.74) is 1.75. The zero-order valence-electron chi connectivity index (χ0n) is 21.0. The third-order valence-corrected chi connectivity index (χ3v) is 9.14. The molecule has 3 N–H and O–H groups in total. The van der Waals surface area contributed by atoms with E-state index in [1.807, 2.05) is 6.92 Å². The van der Waals surface area contributed by atoms with E-state index in [1.165, 1.54) is 52.3 Å². The number of ketones is 1. The minimum absolute atomic E-state index is 0.0309. The van der Waals surface area contributed by atoms with E-state index in [0.717, 1.165) is 0 Å². The van der Waals surface area contributed by atoms with E-state index in [4.69, 9.17) is 38.3 Å². The maximum atomic E-state index is 13.6. The lowest BCUT2D eigenvalue weighted by molar-refractivity contribution is -0.119. The van der Waals surface area contributed by atoms with Crippen molar-refractivity contribution in [2.45, 2.75) is 30.6 Å². The molecule has 0 saturated carbocycles. The molecule has 10 nitrogen and oxygen atoms in total. The summed E-state index contributed by atoms with van der Waals surface area (Å²) >= 11 is 13.9. The Labute approximate surface area is 247 Å². The van der Waals surface area contributed by atoms with Gasteiger partial charge in [-0.05, 0) is 49.8 Å². The molecule has 0 aliphatic carbocycles. The summed E-state index contributed by atoms with van der Waals surface area (Å²) in [4.78, 5) is 39.7. The van der Waals surface area contributed by atoms with E-state index in [0.29, 0.717) is 60.8 Å². The number of rotatable bonds is 13. The molecule has 40 heavy (non-hydrogen) atoms. The Kier molecular flexibility index (Phi) is 10.3. The van der Waals surface area contributed by atoms with Gasteiger partial charge in [-0.3, -0.25) is 9.36 Å². The second-order valence-corrected chi connectivity index (χ2v) is 13.6. The molecule has 2 heterocycles. The van der Waals surface area contributed by atoms with Crippen LogP contribution in [-0.4, -0.2) is 53.8 Å². The van der Waals surface area contributed by atoms with Crippen molar-refractivity contribution in [2.24, 2.45) is 0 Å². The molecule has 4 rings (SSSR count). The Hall–Kier alpha value is -2.45. The fourth-order valence-electron chi connectivity index (χ4n) is 3.68. The van der Waals surface area contributed by atoms with Crippen LogP contribution >= 0.6 is 54.5 Å². The van der Waals surface area contributed by atoms with Crippen LogP contribution in [0.5, 0.6) is 5.75 Å². The van der Waals surface area contributed by atoms with Gasteiger partial charge in [0, 0.05) is 34.9 Å². The molecule has 0 fully saturated rings. The third kappa shape index (κ3) is 8.29. The SMILES string of the molecule is CCOc1cc2ncnc(Nc3ccc(F)c(Cl)c3)c2cc1CC(=O)Cn1nc(SCCCP(=O)(O)O)sc1=S. The molecule has 0 aliphatic rings. The van der Waals surface area contributed by atoms with Gasteiger partial charge >= 0.3 is 7.60 Å². The lowest BCUT2D eigenvalue weighted by Crippen LogP contribution is -2.14. The van der Waals surface area contributed by atoms with E-state index >= 15 is 0 Å². The maximum absolute atomic E-state index is 13.6. The summed E-state index contributed by atoms with van der Waals surface area (Å²) in [5.74, 6) is 0.746. The molecule has 0 unspecified atom stereocenters. The number of anilines is 2. The molecule has 0 amide bonds. The first-order chi connectivity index (χ1) is 19.0. The van der Waals surface area contributed by atoms with Crippen molar-refractivity contribution in [2.75, 3.05) is 23.8 Å². The predicted molar refractivity (Wildman–Crippen MR) is 157 cm³/mol. The van der Waals surface area contributed by atoms with Gasteiger partial charge in [-0.25, -0.2) is 19.0 Å². The first-order valence-corrected chi connectivity index (χ1v) is 16.3. The second kappa shape index (κ2) is 13.5. The summed E-state index contributed by atoms with van der Waals surface area (Å²) in [7, 11) is -4.04. The van der Waals surface area contributed by atoms with Gasteiger partial charge in [0.2, 0.25) is 0 Å². The largest absolute Gasteiger partial charge is 0.494 e. The summed E-state index contributed by atoms with van der Waals surface area (Å²) < 4.78 is 32.9. The van der Waals surface area contributed by atoms with Gasteiger partial charge in [-0.15, -0.1) is 0 Å². The molecule has 4 aromatic rings. The van der Waals surface area contributed by atoms with Gasteiger partial charge in [0.15, 0.2) is 14.1 Å². The van der Waals surface area contributed by atoms with Gasteiger partial charge < -0.3 is 19.8 Å². The molecule has 0 aliphatic heterocycles. The van der Waals surface area contributed by atoms with Crippen LogP contribution < -0.4 is 10.1 Å². The number of hydrogen-bond donors (Lipinski definition) is 3. The van der Waals surface area contributed by atoms with Crippen LogP contribution in [0, 0.1) is 9.77 Å². The summed E-state index contributed by atoms with van der Waals surface area (Å²) in [6.07, 6.45) is 1.56. The zero-order valence-corrected chi connectivity index (χ0v) is 25.1. The van der Waals surface area contributed by atoms with Gasteiger partial charge in [-0.2, -0.15) is 5.10 Å². The van der Waals surface area contributed by atoms with Crippen molar-refractivity contribution in [1.29, 1.82) is 0 Å². The van der Waals surface area contributed by atoms with Gasteiger partial charge in [0.1, 0.15) is 30.3 Å². The molecule has 0 saturated heterocycles. The number of carbonyl (C=O) groups is 1. The standard InChI is InChI=1S/C24H24ClFN5O5PS3/c1-2-36-21-11-20-17(22(28-13-27-20)29-15-4-5-19(26)18(25)10-15)9-14(21)8-16(32)12-31-24(38)40-23(30-31)39-7-3-6-37(33,34)35/h4-5,9-11,13H,2-3,6-8,12H2,1H3,(H,27,28,29)(H2,33,34,35). The van der Waals surface area contributed by atoms with Crippen molar-refractivity contribution in [3.63, 3.8) is 0 Å². The second-order valence-electron chi connectivity index (χ2n) is 8.48. The van der Waals surface area contributed by atoms with E-state index in [-0.39, 0.29) is 29.9 Å². The molecular formula is C24H24ClFN5O5PS3. The maximum Gasteiger partial charge on any atom is 0.325 e. The number of hydrogen-bond acceptors (Lipinski definition) is 10. The van der Waals surface area contributed by atoms with Crippen LogP contribution in [0.4, 0.5) is 15.9 Å². The van der Waals surface area contributed by atoms with Crippen molar-refractivity contribution < 1.29 is 28.3 Å². The molecule has 0 radical (unpaired) electrons. The van der Waals surface area contributed by atoms with Crippen LogP contribution in [0.3, 0.4) is 0 Å². The fourth-order valence-corrected chi connectivity index (χ4v) is 6.98. The average Bonchev–Trinajstić information content (AvgIpc) is 3.23. The Balaban J connectivity index is 1.52. The highest BCUT2D eigenvalue weighted by molar-refractivity contribution is 8.01. The minimum atomic E-state index is -4.04. The van der Waals surface area contributed by atoms with Crippen molar-refractivity contribution in [3.05, 3.63) is 57.0 Å². The first kappa shape index (κ1) is 30.5. The highest BCUT2D eigenvalue weighted by atomic mass is 35.5. The first-order valence-electron chi connectivity index (χ1n) is 11.9. The van der Waals surface area contributed by atoms with Gasteiger partial charge in [0.05, 0.1) is 23.3 Å². The Morgan fingerprint density at radius 3 is 2.83 bits per heavy atom. The minimum Gasteiger partial charge on any atom is -0.494 e. The van der Waals surface area contributed by atoms with Crippen LogP contribution in [-0.2, 0) is 22.3 Å². The number of nitrogens with one attached hydrogen (secondary N) is 1. The molecule has 0 bridgehead atoms. The molecule has 2 aromatic heterocycles. The Morgan fingerprint density at radius 1 is 1.30 bits per heavy atom. The number of thioether (sulfide) groups is 1. The van der Waals surface area contributed by atoms with Crippen LogP contribution in [0.25, 0.3) is 10.9 Å². The van der Waals surface area contributed by atoms with Crippen LogP contribution in [0.2, 0.25) is 5.02 Å². The van der Waals surface area contributed by atoms with Crippen molar-refractivity contribution >= 4 is 82.7 Å². The number of nitrogens with zero attached hydrogens (tertiary/aromatic N) is 4. The number of ether oxygens (including phenoxy) is 1. The topological polar surface area (TPSA) is 139 Å². The number of benzene rings is 2. The number of Topliss-reactive ketones (excluding diaryl/α,β-unsaturated/α-hetero) is 1. The van der Waals surface area contributed by atoms with Crippen molar-refractivity contribution in [1.82, 2.24) is 19.7 Å². The number of carbonyl (C=O) groups excluding carboxylic acids is 1. The number of aromatic nitrogens is 4. The lowest BCUT2D eigenvalue weighted by Gasteiger charge is -2.14. The van der Waals surface area contributed by atoms with Crippen molar-refractivity contribution in [3.8, 4) is 5.75 Å². The predicted octanol–water partition coefficient (Wildman–Crippen LogP) is 6.02. The van der Waals surface area contributed by atoms with Gasteiger partial charge in [0.25, 0.3) is 0 Å². The quantitative estimate of drug-likeness (QED) is 0.0681. The monoisotopic (exact) mass is 643 g/mol. The van der Waals surface area contributed by atoms with E-state index in [2.05, 4.69) is 20.4 Å². The van der Waals surface area contributed by atoms with Crippen LogP contribution in [0.1, 0.15) is 18.9 Å². The highest BCUT2D eigenvalue weighted by Gasteiger charge is 2.17. The van der Waals surface area contributed by atoms with Gasteiger partial charge in [-0.1, -0.05) is 34.7 Å². The lowest BCUT2D eigenvalue weighted by atomic mass is 10.0. The van der Waals surface area contributed by atoms with E-state index in [9.17, 15) is 13.8 Å². The summed E-state index contributed by atoms with van der Waals surface area (Å²) in [5, 5.41) is 8.12. The Morgan fingerprint density at radius 2 is 2.10 bits per heavy atom. The van der Waals surface area contributed by atoms with E-state index in [1.54, 1.807) is 12.1 Å². The number of halogens is 2. The van der Waals surface area contributed by atoms with E-state index < -0.39 is 13.4 Å². The zero-order chi connectivity index (χ0) is 28.9. The molecular weight excluding hydrogens is 620 g/mol. The summed E-state index contributed by atoms with van der Waals surface area (Å²) in [6, 6.07) is 7.77. The molecule has 0 atom stereocenters. The Bertz CT molecular complexity index is 1650. The average molecular weight is 644 g/mol.